The van der Waals surface area contributed by atoms with Gasteiger partial charge in [-0.15, -0.1) is 0 Å². The van der Waals surface area contributed by atoms with Gasteiger partial charge in [-0.25, -0.2) is 4.98 Å². The molecule has 1 aliphatic carbocycles. The summed E-state index contributed by atoms with van der Waals surface area (Å²) in [6.07, 6.45) is 10.1. The van der Waals surface area contributed by atoms with Crippen LogP contribution in [0.2, 0.25) is 0 Å². The fourth-order valence-corrected chi connectivity index (χ4v) is 7.22. The molecule has 2 aromatic carbocycles. The van der Waals surface area contributed by atoms with Crippen LogP contribution < -0.4 is 0 Å². The van der Waals surface area contributed by atoms with Gasteiger partial charge in [-0.2, -0.15) is 0 Å². The Labute approximate surface area is 203 Å². The number of rotatable bonds is 6. The monoisotopic (exact) mass is 457 g/mol. The minimum atomic E-state index is -1.15. The van der Waals surface area contributed by atoms with Gasteiger partial charge in [0, 0.05) is 24.7 Å². The first kappa shape index (κ1) is 22.1. The van der Waals surface area contributed by atoms with Crippen LogP contribution in [0.25, 0.3) is 0 Å². The zero-order chi connectivity index (χ0) is 23.0. The predicted octanol–water partition coefficient (Wildman–Crippen LogP) is 6.02. The van der Waals surface area contributed by atoms with Crippen LogP contribution in [0.1, 0.15) is 73.6 Å². The molecule has 4 aliphatic rings. The van der Waals surface area contributed by atoms with Crippen molar-refractivity contribution in [2.24, 2.45) is 11.8 Å². The van der Waals surface area contributed by atoms with Gasteiger partial charge in [-0.1, -0.05) is 79.9 Å². The van der Waals surface area contributed by atoms with E-state index in [4.69, 9.17) is 9.40 Å². The Hall–Kier alpha value is -2.43. The summed E-state index contributed by atoms with van der Waals surface area (Å²) in [7, 11) is 0. The Balaban J connectivity index is 1.28. The average molecular weight is 458 g/mol. The van der Waals surface area contributed by atoms with E-state index in [1.807, 2.05) is 36.5 Å². The molecule has 0 radical (unpaired) electrons. The third-order valence-electron chi connectivity index (χ3n) is 9.11. The Morgan fingerprint density at radius 2 is 1.56 bits per heavy atom. The highest BCUT2D eigenvalue weighted by Gasteiger charge is 2.48. The van der Waals surface area contributed by atoms with E-state index < -0.39 is 5.60 Å². The van der Waals surface area contributed by atoms with Crippen molar-refractivity contribution in [3.63, 3.8) is 0 Å². The number of nitrogens with zero attached hydrogens (tertiary/aromatic N) is 2. The van der Waals surface area contributed by atoms with Crippen molar-refractivity contribution in [1.29, 1.82) is 0 Å². The van der Waals surface area contributed by atoms with Gasteiger partial charge >= 0.3 is 0 Å². The second-order valence-corrected chi connectivity index (χ2v) is 11.1. The Morgan fingerprint density at radius 1 is 0.882 bits per heavy atom. The molecule has 2 bridgehead atoms. The van der Waals surface area contributed by atoms with Gasteiger partial charge in [0.15, 0.2) is 11.4 Å². The fraction of sp³-hybridized carbons (Fsp3) is 0.500. The summed E-state index contributed by atoms with van der Waals surface area (Å²) in [5.41, 5.74) is 1.25. The molecular weight excluding hydrogens is 420 g/mol. The number of piperidine rings is 3. The zero-order valence-electron chi connectivity index (χ0n) is 20.1. The molecule has 2 atom stereocenters. The van der Waals surface area contributed by atoms with E-state index in [-0.39, 0.29) is 5.92 Å². The molecule has 3 aliphatic heterocycles. The van der Waals surface area contributed by atoms with E-state index in [9.17, 15) is 5.11 Å². The molecule has 34 heavy (non-hydrogen) atoms. The molecule has 1 unspecified atom stereocenters. The summed E-state index contributed by atoms with van der Waals surface area (Å²) >= 11 is 0. The summed E-state index contributed by atoms with van der Waals surface area (Å²) in [5, 5.41) is 12.2. The average Bonchev–Trinajstić information content (AvgIpc) is 3.38. The third-order valence-corrected chi connectivity index (χ3v) is 9.11. The number of fused-ring (bicyclic) bond motifs is 3. The molecule has 3 saturated heterocycles. The van der Waals surface area contributed by atoms with Crippen LogP contribution in [-0.2, 0) is 12.1 Å². The lowest BCUT2D eigenvalue weighted by Crippen LogP contribution is -2.60. The van der Waals surface area contributed by atoms with Crippen molar-refractivity contribution in [1.82, 2.24) is 4.98 Å². The molecule has 178 valence electrons. The first-order valence-corrected chi connectivity index (χ1v) is 13.3. The topological polar surface area (TPSA) is 46.3 Å². The van der Waals surface area contributed by atoms with Crippen molar-refractivity contribution in [3.8, 4) is 0 Å². The van der Waals surface area contributed by atoms with Crippen molar-refractivity contribution in [3.05, 3.63) is 89.6 Å². The molecule has 7 rings (SSSR count). The first-order valence-electron chi connectivity index (χ1n) is 13.3. The summed E-state index contributed by atoms with van der Waals surface area (Å²) in [5.74, 6) is 3.00. The molecule has 4 fully saturated rings. The quantitative estimate of drug-likeness (QED) is 0.461. The fourth-order valence-electron chi connectivity index (χ4n) is 7.22. The summed E-state index contributed by atoms with van der Waals surface area (Å²) in [4.78, 5) is 4.73. The maximum Gasteiger partial charge on any atom is 0.231 e. The second kappa shape index (κ2) is 8.98. The maximum absolute atomic E-state index is 12.2. The zero-order valence-corrected chi connectivity index (χ0v) is 20.1. The van der Waals surface area contributed by atoms with E-state index >= 15 is 0 Å². The van der Waals surface area contributed by atoms with Crippen molar-refractivity contribution in [2.45, 2.75) is 63.0 Å². The molecule has 4 nitrogen and oxygen atoms in total. The SMILES string of the molecule is O[C@](c1ccccc1)(c1ncc(C[N+]23CCC(CC2)C(c2ccccc2)C3)o1)C1CCCCC1. The number of aliphatic hydroxyl groups is 1. The standard InChI is InChI=1S/C30H37N2O2/c33-30(25-12-6-2-7-13-25,26-14-8-3-9-15-26)29-31-20-27(34-29)21-32-18-16-24(17-19-32)28(22-32)23-10-4-1-5-11-23/h1-2,4-7,10-13,20,24,26,28,33H,3,8-9,14-19,21-22H2/q+1/t24?,28?,30-,32?/m0/s1. The molecule has 0 amide bonds. The summed E-state index contributed by atoms with van der Waals surface area (Å²) in [6, 6.07) is 21.2. The smallest absolute Gasteiger partial charge is 0.231 e. The second-order valence-electron chi connectivity index (χ2n) is 11.1. The predicted molar refractivity (Wildman–Crippen MR) is 133 cm³/mol. The van der Waals surface area contributed by atoms with Crippen LogP contribution in [0.15, 0.2) is 71.3 Å². The minimum Gasteiger partial charge on any atom is -0.436 e. The lowest BCUT2D eigenvalue weighted by molar-refractivity contribution is -0.957. The summed E-state index contributed by atoms with van der Waals surface area (Å²) in [6.45, 7) is 4.49. The maximum atomic E-state index is 12.2. The highest BCUT2D eigenvalue weighted by atomic mass is 16.4. The van der Waals surface area contributed by atoms with Gasteiger partial charge in [0.05, 0.1) is 25.8 Å². The summed E-state index contributed by atoms with van der Waals surface area (Å²) < 4.78 is 7.55. The lowest BCUT2D eigenvalue weighted by Gasteiger charge is -2.52. The van der Waals surface area contributed by atoms with E-state index in [1.54, 1.807) is 0 Å². The number of hydrogen-bond donors (Lipinski definition) is 1. The molecular formula is C30H37N2O2+. The number of quaternary nitrogens is 1. The number of oxazole rings is 1. The highest BCUT2D eigenvalue weighted by Crippen LogP contribution is 2.46. The van der Waals surface area contributed by atoms with E-state index in [0.717, 1.165) is 54.0 Å². The van der Waals surface area contributed by atoms with Crippen LogP contribution in [0.3, 0.4) is 0 Å². The normalized spacial score (nSPS) is 29.1. The first-order chi connectivity index (χ1) is 16.7. The molecule has 0 spiro atoms. The number of aromatic nitrogens is 1. The lowest BCUT2D eigenvalue weighted by atomic mass is 9.73. The third kappa shape index (κ3) is 3.91. The Bertz CT molecular complexity index is 1080. The molecule has 1 aromatic heterocycles. The highest BCUT2D eigenvalue weighted by molar-refractivity contribution is 5.30. The van der Waals surface area contributed by atoms with Crippen molar-refractivity contribution < 1.29 is 14.0 Å². The van der Waals surface area contributed by atoms with Gasteiger partial charge in [-0.3, -0.25) is 0 Å². The van der Waals surface area contributed by atoms with Gasteiger partial charge in [0.2, 0.25) is 5.89 Å². The largest absolute Gasteiger partial charge is 0.436 e. The molecule has 1 saturated carbocycles. The molecule has 4 heterocycles. The van der Waals surface area contributed by atoms with E-state index in [1.165, 1.54) is 44.5 Å². The molecule has 3 aromatic rings. The number of hydrogen-bond acceptors (Lipinski definition) is 3. The van der Waals surface area contributed by atoms with Gasteiger partial charge in [0.1, 0.15) is 6.54 Å². The van der Waals surface area contributed by atoms with E-state index in [0.29, 0.717) is 11.8 Å². The van der Waals surface area contributed by atoms with Gasteiger partial charge in [-0.05, 0) is 29.9 Å². The van der Waals surface area contributed by atoms with Crippen molar-refractivity contribution >= 4 is 0 Å². The van der Waals surface area contributed by atoms with Crippen LogP contribution in [-0.4, -0.2) is 34.2 Å². The van der Waals surface area contributed by atoms with Crippen molar-refractivity contribution in [2.75, 3.05) is 19.6 Å². The molecule has 1 N–H and O–H groups in total. The Morgan fingerprint density at radius 3 is 2.26 bits per heavy atom. The Kier molecular flexibility index (Phi) is 5.82. The van der Waals surface area contributed by atoms with E-state index in [2.05, 4.69) is 30.3 Å². The molecule has 4 heteroatoms. The van der Waals surface area contributed by atoms with Gasteiger partial charge < -0.3 is 14.0 Å². The van der Waals surface area contributed by atoms with Crippen LogP contribution in [0.4, 0.5) is 0 Å². The minimum absolute atomic E-state index is 0.149. The van der Waals surface area contributed by atoms with Crippen LogP contribution in [0, 0.1) is 11.8 Å². The van der Waals surface area contributed by atoms with Crippen LogP contribution in [0.5, 0.6) is 0 Å². The number of benzene rings is 2. The van der Waals surface area contributed by atoms with Crippen LogP contribution >= 0.6 is 0 Å². The van der Waals surface area contributed by atoms with Gasteiger partial charge in [0.25, 0.3) is 0 Å².